The molecule has 0 aliphatic carbocycles. The Balaban J connectivity index is 2.29. The molecule has 0 unspecified atom stereocenters. The third-order valence-electron chi connectivity index (χ3n) is 2.95. The van der Waals surface area contributed by atoms with E-state index in [9.17, 15) is 9.90 Å². The van der Waals surface area contributed by atoms with Crippen LogP contribution in [0.25, 0.3) is 0 Å². The van der Waals surface area contributed by atoms with Crippen LogP contribution in [0.3, 0.4) is 0 Å². The molecule has 0 amide bonds. The molecule has 0 bridgehead atoms. The summed E-state index contributed by atoms with van der Waals surface area (Å²) < 4.78 is 5.16. The number of nitriles is 1. The molecule has 1 aromatic rings. The highest BCUT2D eigenvalue weighted by Crippen LogP contribution is 2.26. The molecule has 2 heterocycles. The van der Waals surface area contributed by atoms with E-state index in [4.69, 9.17) is 10.00 Å². The molecule has 1 aliphatic heterocycles. The zero-order valence-corrected chi connectivity index (χ0v) is 9.59. The molecule has 1 fully saturated rings. The standard InChI is InChI=1S/C11H12N4O3/c12-7-8-1-4-13-15-9(8)14-11(10(16)17)2-5-18-6-3-11/h1,4H,2-3,5-6H2,(H,14,15)(H,16,17). The molecule has 1 aliphatic rings. The average Bonchev–Trinajstić information content (AvgIpc) is 2.40. The number of nitrogens with one attached hydrogen (secondary N) is 1. The van der Waals surface area contributed by atoms with Gasteiger partial charge in [-0.05, 0) is 6.07 Å². The third kappa shape index (κ3) is 2.24. The minimum atomic E-state index is -1.14. The summed E-state index contributed by atoms with van der Waals surface area (Å²) in [6.45, 7) is 0.725. The van der Waals surface area contributed by atoms with Crippen molar-refractivity contribution in [1.29, 1.82) is 5.26 Å². The van der Waals surface area contributed by atoms with E-state index < -0.39 is 11.5 Å². The zero-order chi connectivity index (χ0) is 13.0. The van der Waals surface area contributed by atoms with Crippen LogP contribution in [-0.4, -0.2) is 40.0 Å². The number of rotatable bonds is 3. The summed E-state index contributed by atoms with van der Waals surface area (Å²) in [5.74, 6) is -0.773. The minimum Gasteiger partial charge on any atom is -0.480 e. The Morgan fingerprint density at radius 2 is 2.28 bits per heavy atom. The molecule has 0 saturated carbocycles. The topological polar surface area (TPSA) is 108 Å². The summed E-state index contributed by atoms with van der Waals surface area (Å²) in [6, 6.07) is 3.44. The Hall–Kier alpha value is -2.20. The summed E-state index contributed by atoms with van der Waals surface area (Å²) >= 11 is 0. The van der Waals surface area contributed by atoms with Gasteiger partial charge in [0, 0.05) is 26.1 Å². The van der Waals surface area contributed by atoms with Crippen molar-refractivity contribution in [1.82, 2.24) is 10.2 Å². The van der Waals surface area contributed by atoms with Gasteiger partial charge in [0.15, 0.2) is 5.82 Å². The van der Waals surface area contributed by atoms with Crippen molar-refractivity contribution in [3.63, 3.8) is 0 Å². The highest BCUT2D eigenvalue weighted by atomic mass is 16.5. The van der Waals surface area contributed by atoms with Crippen LogP contribution in [0.4, 0.5) is 5.82 Å². The van der Waals surface area contributed by atoms with Gasteiger partial charge in [0.2, 0.25) is 0 Å². The van der Waals surface area contributed by atoms with Crippen LogP contribution >= 0.6 is 0 Å². The third-order valence-corrected chi connectivity index (χ3v) is 2.95. The van der Waals surface area contributed by atoms with Crippen molar-refractivity contribution in [3.8, 4) is 6.07 Å². The first-order chi connectivity index (χ1) is 8.68. The van der Waals surface area contributed by atoms with Gasteiger partial charge < -0.3 is 15.2 Å². The molecule has 94 valence electrons. The molecule has 0 aromatic carbocycles. The molecular weight excluding hydrogens is 236 g/mol. The second-order valence-corrected chi connectivity index (χ2v) is 4.03. The number of carboxylic acid groups (broad SMARTS) is 1. The molecule has 1 saturated heterocycles. The van der Waals surface area contributed by atoms with Crippen molar-refractivity contribution in [2.24, 2.45) is 0 Å². The van der Waals surface area contributed by atoms with E-state index in [0.29, 0.717) is 26.1 Å². The quantitative estimate of drug-likeness (QED) is 0.796. The fourth-order valence-electron chi connectivity index (χ4n) is 1.85. The molecule has 7 heteroatoms. The van der Waals surface area contributed by atoms with E-state index in [0.717, 1.165) is 0 Å². The maximum absolute atomic E-state index is 11.4. The van der Waals surface area contributed by atoms with Crippen molar-refractivity contribution < 1.29 is 14.6 Å². The number of nitrogens with zero attached hydrogens (tertiary/aromatic N) is 3. The predicted octanol–water partition coefficient (Wildman–Crippen LogP) is 0.394. The fourth-order valence-corrected chi connectivity index (χ4v) is 1.85. The maximum atomic E-state index is 11.4. The second-order valence-electron chi connectivity index (χ2n) is 4.03. The number of carboxylic acids is 1. The predicted molar refractivity (Wildman–Crippen MR) is 60.8 cm³/mol. The van der Waals surface area contributed by atoms with E-state index in [1.165, 1.54) is 12.3 Å². The lowest BCUT2D eigenvalue weighted by atomic mass is 9.90. The molecule has 0 atom stereocenters. The number of hydrogen-bond donors (Lipinski definition) is 2. The molecule has 7 nitrogen and oxygen atoms in total. The molecule has 1 aromatic heterocycles. The Labute approximate surface area is 103 Å². The first-order valence-electron chi connectivity index (χ1n) is 5.49. The fraction of sp³-hybridized carbons (Fsp3) is 0.455. The van der Waals surface area contributed by atoms with Gasteiger partial charge in [0.1, 0.15) is 11.6 Å². The number of anilines is 1. The highest BCUT2D eigenvalue weighted by Gasteiger charge is 2.41. The summed E-state index contributed by atoms with van der Waals surface area (Å²) in [7, 11) is 0. The van der Waals surface area contributed by atoms with Crippen LogP contribution in [0.2, 0.25) is 0 Å². The largest absolute Gasteiger partial charge is 0.480 e. The van der Waals surface area contributed by atoms with E-state index in [1.807, 2.05) is 6.07 Å². The van der Waals surface area contributed by atoms with Crippen LogP contribution in [0.5, 0.6) is 0 Å². The SMILES string of the molecule is N#Cc1ccnnc1NC1(C(=O)O)CCOCC1. The van der Waals surface area contributed by atoms with Crippen LogP contribution < -0.4 is 5.32 Å². The van der Waals surface area contributed by atoms with Crippen LogP contribution in [0.15, 0.2) is 12.3 Å². The zero-order valence-electron chi connectivity index (χ0n) is 9.59. The lowest BCUT2D eigenvalue weighted by molar-refractivity contribution is -0.145. The van der Waals surface area contributed by atoms with Crippen molar-refractivity contribution in [2.45, 2.75) is 18.4 Å². The highest BCUT2D eigenvalue weighted by molar-refractivity contribution is 5.83. The van der Waals surface area contributed by atoms with Gasteiger partial charge >= 0.3 is 5.97 Å². The van der Waals surface area contributed by atoms with Gasteiger partial charge in [0.05, 0.1) is 11.8 Å². The molecule has 0 radical (unpaired) electrons. The van der Waals surface area contributed by atoms with E-state index >= 15 is 0 Å². The van der Waals surface area contributed by atoms with Gasteiger partial charge in [-0.2, -0.15) is 10.4 Å². The number of carbonyl (C=O) groups is 1. The van der Waals surface area contributed by atoms with E-state index in [-0.39, 0.29) is 11.4 Å². The second kappa shape index (κ2) is 4.98. The molecule has 0 spiro atoms. The number of hydrogen-bond acceptors (Lipinski definition) is 6. The number of ether oxygens (including phenoxy) is 1. The Kier molecular flexibility index (Phi) is 3.39. The van der Waals surface area contributed by atoms with Gasteiger partial charge in [-0.3, -0.25) is 0 Å². The summed E-state index contributed by atoms with van der Waals surface area (Å²) in [6.07, 6.45) is 2.04. The van der Waals surface area contributed by atoms with Crippen LogP contribution in [0, 0.1) is 11.3 Å². The monoisotopic (exact) mass is 248 g/mol. The summed E-state index contributed by atoms with van der Waals surface area (Å²) in [5, 5.41) is 28.6. The maximum Gasteiger partial charge on any atom is 0.329 e. The van der Waals surface area contributed by atoms with Crippen molar-refractivity contribution >= 4 is 11.8 Å². The van der Waals surface area contributed by atoms with Crippen molar-refractivity contribution in [2.75, 3.05) is 18.5 Å². The van der Waals surface area contributed by atoms with Crippen molar-refractivity contribution in [3.05, 3.63) is 17.8 Å². The Morgan fingerprint density at radius 3 is 2.89 bits per heavy atom. The van der Waals surface area contributed by atoms with E-state index in [2.05, 4.69) is 15.5 Å². The molecule has 18 heavy (non-hydrogen) atoms. The van der Waals surface area contributed by atoms with Crippen LogP contribution in [0.1, 0.15) is 18.4 Å². The Bertz CT molecular complexity index is 491. The van der Waals surface area contributed by atoms with Gasteiger partial charge in [-0.1, -0.05) is 0 Å². The van der Waals surface area contributed by atoms with Crippen LogP contribution in [-0.2, 0) is 9.53 Å². The number of aliphatic carboxylic acids is 1. The lowest BCUT2D eigenvalue weighted by Gasteiger charge is -2.34. The normalized spacial score (nSPS) is 17.7. The number of aromatic nitrogens is 2. The summed E-state index contributed by atoms with van der Waals surface area (Å²) in [4.78, 5) is 11.4. The first-order valence-corrected chi connectivity index (χ1v) is 5.49. The van der Waals surface area contributed by atoms with E-state index in [1.54, 1.807) is 0 Å². The van der Waals surface area contributed by atoms with Gasteiger partial charge in [-0.15, -0.1) is 5.10 Å². The lowest BCUT2D eigenvalue weighted by Crippen LogP contribution is -2.50. The van der Waals surface area contributed by atoms with Gasteiger partial charge in [0.25, 0.3) is 0 Å². The molecule has 2 N–H and O–H groups in total. The van der Waals surface area contributed by atoms with Gasteiger partial charge in [-0.25, -0.2) is 4.79 Å². The molecular formula is C11H12N4O3. The summed E-state index contributed by atoms with van der Waals surface area (Å²) in [5.41, 5.74) is -0.864. The smallest absolute Gasteiger partial charge is 0.329 e. The first kappa shape index (κ1) is 12.3. The minimum absolute atomic E-state index is 0.198. The Morgan fingerprint density at radius 1 is 1.56 bits per heavy atom. The molecule has 2 rings (SSSR count). The average molecular weight is 248 g/mol.